The van der Waals surface area contributed by atoms with E-state index in [4.69, 9.17) is 0 Å². The van der Waals surface area contributed by atoms with Crippen molar-refractivity contribution >= 4 is 5.91 Å². The maximum Gasteiger partial charge on any atom is 0.225 e. The molecule has 0 spiro atoms. The second kappa shape index (κ2) is 3.05. The van der Waals surface area contributed by atoms with E-state index < -0.39 is 5.60 Å². The van der Waals surface area contributed by atoms with Gasteiger partial charge in [-0.05, 0) is 27.2 Å². The van der Waals surface area contributed by atoms with E-state index in [2.05, 4.69) is 0 Å². The Kier molecular flexibility index (Phi) is 2.42. The molecule has 70 valence electrons. The van der Waals surface area contributed by atoms with Crippen LogP contribution in [0.5, 0.6) is 0 Å². The van der Waals surface area contributed by atoms with E-state index in [1.807, 2.05) is 18.7 Å². The molecule has 1 atom stereocenters. The largest absolute Gasteiger partial charge is 0.390 e. The lowest BCUT2D eigenvalue weighted by molar-refractivity contribution is -0.144. The van der Waals surface area contributed by atoms with Crippen molar-refractivity contribution in [1.82, 2.24) is 4.90 Å². The van der Waals surface area contributed by atoms with Gasteiger partial charge in [-0.25, -0.2) is 0 Å². The summed E-state index contributed by atoms with van der Waals surface area (Å²) in [6.45, 7) is 6.40. The molecule has 1 saturated heterocycles. The van der Waals surface area contributed by atoms with Crippen molar-refractivity contribution in [1.29, 1.82) is 0 Å². The highest BCUT2D eigenvalue weighted by molar-refractivity contribution is 5.78. The molecule has 1 amide bonds. The van der Waals surface area contributed by atoms with Crippen LogP contribution < -0.4 is 0 Å². The van der Waals surface area contributed by atoms with Gasteiger partial charge >= 0.3 is 0 Å². The molecule has 1 aliphatic rings. The van der Waals surface area contributed by atoms with E-state index in [-0.39, 0.29) is 18.4 Å². The first-order valence-electron chi connectivity index (χ1n) is 4.44. The maximum atomic E-state index is 11.4. The molecular formula is C9H17NO2. The number of piperidine rings is 1. The number of carbonyl (C=O) groups excluding carboxylic acids is 1. The fraction of sp³-hybridized carbons (Fsp3) is 0.889. The van der Waals surface area contributed by atoms with E-state index in [0.29, 0.717) is 13.0 Å². The van der Waals surface area contributed by atoms with E-state index in [9.17, 15) is 9.90 Å². The number of amides is 1. The van der Waals surface area contributed by atoms with Gasteiger partial charge < -0.3 is 10.0 Å². The van der Waals surface area contributed by atoms with Crippen LogP contribution in [0.2, 0.25) is 0 Å². The molecule has 0 aromatic carbocycles. The molecule has 1 heterocycles. The molecule has 1 unspecified atom stereocenters. The second-order valence-electron chi connectivity index (χ2n) is 4.10. The number of aliphatic hydroxyl groups is 1. The minimum absolute atomic E-state index is 0.0706. The minimum Gasteiger partial charge on any atom is -0.390 e. The molecule has 0 bridgehead atoms. The third-order valence-corrected chi connectivity index (χ3v) is 2.37. The molecule has 1 rings (SSSR count). The van der Waals surface area contributed by atoms with Crippen molar-refractivity contribution in [2.75, 3.05) is 6.54 Å². The predicted octanol–water partition coefficient (Wildman–Crippen LogP) is 0.768. The zero-order chi connectivity index (χ0) is 9.35. The first-order chi connectivity index (χ1) is 5.42. The number of nitrogens with zero attached hydrogens (tertiary/aromatic N) is 1. The number of hydrogen-bond acceptors (Lipinski definition) is 2. The minimum atomic E-state index is -0.775. The van der Waals surface area contributed by atoms with Crippen LogP contribution in [0.4, 0.5) is 0 Å². The van der Waals surface area contributed by atoms with E-state index in [1.165, 1.54) is 0 Å². The Labute approximate surface area is 73.4 Å². The molecule has 0 aromatic rings. The van der Waals surface area contributed by atoms with Crippen LogP contribution in [0.1, 0.15) is 33.6 Å². The summed E-state index contributed by atoms with van der Waals surface area (Å²) in [4.78, 5) is 13.2. The SMILES string of the molecule is CC(C)N1CCC(C)(O)CC1=O. The number of hydrogen-bond donors (Lipinski definition) is 1. The van der Waals surface area contributed by atoms with Gasteiger partial charge in [0.2, 0.25) is 5.91 Å². The molecule has 12 heavy (non-hydrogen) atoms. The highest BCUT2D eigenvalue weighted by Crippen LogP contribution is 2.23. The van der Waals surface area contributed by atoms with E-state index in [1.54, 1.807) is 6.92 Å². The zero-order valence-corrected chi connectivity index (χ0v) is 8.00. The monoisotopic (exact) mass is 171 g/mol. The van der Waals surface area contributed by atoms with Crippen molar-refractivity contribution in [3.63, 3.8) is 0 Å². The molecule has 1 fully saturated rings. The Morgan fingerprint density at radius 1 is 1.58 bits per heavy atom. The van der Waals surface area contributed by atoms with Crippen molar-refractivity contribution in [3.8, 4) is 0 Å². The molecule has 0 aromatic heterocycles. The number of rotatable bonds is 1. The summed E-state index contributed by atoms with van der Waals surface area (Å²) in [5.74, 6) is 0.0706. The maximum absolute atomic E-state index is 11.4. The quantitative estimate of drug-likeness (QED) is 0.633. The van der Waals surface area contributed by atoms with Crippen molar-refractivity contribution in [2.24, 2.45) is 0 Å². The number of carbonyl (C=O) groups is 1. The fourth-order valence-corrected chi connectivity index (χ4v) is 1.55. The highest BCUT2D eigenvalue weighted by atomic mass is 16.3. The first kappa shape index (κ1) is 9.52. The van der Waals surface area contributed by atoms with Gasteiger partial charge in [-0.15, -0.1) is 0 Å². The summed E-state index contributed by atoms with van der Waals surface area (Å²) in [5.41, 5.74) is -0.775. The average Bonchev–Trinajstić information content (AvgIpc) is 1.83. The molecular weight excluding hydrogens is 154 g/mol. The Balaban J connectivity index is 2.60. The Morgan fingerprint density at radius 3 is 2.58 bits per heavy atom. The summed E-state index contributed by atoms with van der Waals surface area (Å²) >= 11 is 0. The van der Waals surface area contributed by atoms with Gasteiger partial charge in [0.25, 0.3) is 0 Å². The predicted molar refractivity (Wildman–Crippen MR) is 46.7 cm³/mol. The summed E-state index contributed by atoms with van der Waals surface area (Å²) in [6.07, 6.45) is 0.960. The van der Waals surface area contributed by atoms with Crippen LogP contribution >= 0.6 is 0 Å². The standard InChI is InChI=1S/C9H17NO2/c1-7(2)10-5-4-9(3,12)6-8(10)11/h7,12H,4-6H2,1-3H3. The van der Waals surface area contributed by atoms with Crippen molar-refractivity contribution in [3.05, 3.63) is 0 Å². The molecule has 0 aliphatic carbocycles. The van der Waals surface area contributed by atoms with E-state index in [0.717, 1.165) is 0 Å². The summed E-state index contributed by atoms with van der Waals surface area (Å²) in [5, 5.41) is 9.60. The second-order valence-corrected chi connectivity index (χ2v) is 4.10. The number of likely N-dealkylation sites (tertiary alicyclic amines) is 1. The van der Waals surface area contributed by atoms with Gasteiger partial charge in [0.1, 0.15) is 0 Å². The molecule has 3 nitrogen and oxygen atoms in total. The van der Waals surface area contributed by atoms with Gasteiger partial charge in [0.05, 0.1) is 12.0 Å². The van der Waals surface area contributed by atoms with Crippen LogP contribution in [-0.2, 0) is 4.79 Å². The lowest BCUT2D eigenvalue weighted by Crippen LogP contribution is -2.48. The molecule has 1 N–H and O–H groups in total. The van der Waals surface area contributed by atoms with Crippen LogP contribution in [0.15, 0.2) is 0 Å². The topological polar surface area (TPSA) is 40.5 Å². The summed E-state index contributed by atoms with van der Waals surface area (Å²) < 4.78 is 0. The van der Waals surface area contributed by atoms with Gasteiger partial charge in [-0.1, -0.05) is 0 Å². The third kappa shape index (κ3) is 1.97. The lowest BCUT2D eigenvalue weighted by Gasteiger charge is -2.37. The van der Waals surface area contributed by atoms with Crippen LogP contribution in [-0.4, -0.2) is 34.1 Å². The molecule has 3 heteroatoms. The molecule has 0 saturated carbocycles. The van der Waals surface area contributed by atoms with Crippen LogP contribution in [0.3, 0.4) is 0 Å². The molecule has 0 radical (unpaired) electrons. The Morgan fingerprint density at radius 2 is 2.17 bits per heavy atom. The molecule has 1 aliphatic heterocycles. The van der Waals surface area contributed by atoms with Crippen molar-refractivity contribution < 1.29 is 9.90 Å². The van der Waals surface area contributed by atoms with E-state index >= 15 is 0 Å². The first-order valence-corrected chi connectivity index (χ1v) is 4.44. The van der Waals surface area contributed by atoms with Gasteiger partial charge in [-0.2, -0.15) is 0 Å². The lowest BCUT2D eigenvalue weighted by atomic mass is 9.92. The summed E-state index contributed by atoms with van der Waals surface area (Å²) in [6, 6.07) is 0.258. The zero-order valence-electron chi connectivity index (χ0n) is 8.00. The highest BCUT2D eigenvalue weighted by Gasteiger charge is 2.33. The van der Waals surface area contributed by atoms with Gasteiger partial charge in [0.15, 0.2) is 0 Å². The fourth-order valence-electron chi connectivity index (χ4n) is 1.55. The van der Waals surface area contributed by atoms with Gasteiger partial charge in [0, 0.05) is 12.6 Å². The Hall–Kier alpha value is -0.570. The Bertz CT molecular complexity index is 187. The smallest absolute Gasteiger partial charge is 0.225 e. The normalized spacial score (nSPS) is 31.4. The van der Waals surface area contributed by atoms with Crippen LogP contribution in [0, 0.1) is 0 Å². The third-order valence-electron chi connectivity index (χ3n) is 2.37. The average molecular weight is 171 g/mol. The van der Waals surface area contributed by atoms with Gasteiger partial charge in [-0.3, -0.25) is 4.79 Å². The van der Waals surface area contributed by atoms with Crippen LogP contribution in [0.25, 0.3) is 0 Å². The van der Waals surface area contributed by atoms with Crippen molar-refractivity contribution in [2.45, 2.75) is 45.3 Å². The summed E-state index contributed by atoms with van der Waals surface area (Å²) in [7, 11) is 0.